The zero-order valence-electron chi connectivity index (χ0n) is 25.8. The zero-order chi connectivity index (χ0) is 29.7. The van der Waals surface area contributed by atoms with Gasteiger partial charge in [-0.25, -0.2) is 9.59 Å². The number of carbonyl (C=O) groups is 2. The Balaban J connectivity index is 1.74. The van der Waals surface area contributed by atoms with Gasteiger partial charge in [0.15, 0.2) is 0 Å². The average Bonchev–Trinajstić information content (AvgIpc) is 2.88. The number of ether oxygens (including phenoxy) is 2. The first-order chi connectivity index (χ1) is 18.8. The number of benzene rings is 3. The molecule has 0 aliphatic carbocycles. The summed E-state index contributed by atoms with van der Waals surface area (Å²) in [6.07, 6.45) is 3.99. The minimum atomic E-state index is -0.565. The Morgan fingerprint density at radius 1 is 0.750 bits per heavy atom. The van der Waals surface area contributed by atoms with Crippen LogP contribution in [0.5, 0.6) is 5.75 Å². The summed E-state index contributed by atoms with van der Waals surface area (Å²) in [5, 5.41) is 0. The van der Waals surface area contributed by atoms with Crippen molar-refractivity contribution in [2.24, 2.45) is 0 Å². The largest absolute Gasteiger partial charge is 0.456 e. The molecule has 4 nitrogen and oxygen atoms in total. The Morgan fingerprint density at radius 3 is 1.90 bits per heavy atom. The van der Waals surface area contributed by atoms with Crippen LogP contribution in [0.4, 0.5) is 0 Å². The number of hydrogen-bond acceptors (Lipinski definition) is 4. The van der Waals surface area contributed by atoms with Crippen LogP contribution in [0.1, 0.15) is 129 Å². The van der Waals surface area contributed by atoms with Crippen molar-refractivity contribution in [3.8, 4) is 5.75 Å². The van der Waals surface area contributed by atoms with E-state index in [0.29, 0.717) is 16.9 Å². The highest BCUT2D eigenvalue weighted by Crippen LogP contribution is 2.34. The van der Waals surface area contributed by atoms with Crippen LogP contribution in [-0.4, -0.2) is 17.5 Å². The summed E-state index contributed by atoms with van der Waals surface area (Å²) in [7, 11) is 0. The zero-order valence-corrected chi connectivity index (χ0v) is 25.8. The summed E-state index contributed by atoms with van der Waals surface area (Å²) in [6.45, 7) is 19.1. The highest BCUT2D eigenvalue weighted by molar-refractivity contribution is 5.96. The maximum Gasteiger partial charge on any atom is 0.343 e. The third-order valence-electron chi connectivity index (χ3n) is 7.81. The summed E-state index contributed by atoms with van der Waals surface area (Å²) in [4.78, 5) is 25.7. The van der Waals surface area contributed by atoms with Crippen molar-refractivity contribution in [2.45, 2.75) is 105 Å². The summed E-state index contributed by atoms with van der Waals surface area (Å²) in [6, 6.07) is 19.3. The molecule has 0 spiro atoms. The monoisotopic (exact) mass is 542 g/mol. The highest BCUT2D eigenvalue weighted by Gasteiger charge is 2.24. The lowest BCUT2D eigenvalue weighted by Crippen LogP contribution is -2.28. The van der Waals surface area contributed by atoms with Crippen molar-refractivity contribution in [1.82, 2.24) is 0 Å². The Labute approximate surface area is 241 Å². The predicted octanol–water partition coefficient (Wildman–Crippen LogP) is 9.49. The number of hydrogen-bond donors (Lipinski definition) is 0. The SMILES string of the molecule is CCCC(C)(C)OC(=O)c1cccc(C(=O)Oc2ccc(C(C)c3ccc(C(C)(C)CCC)c(C)c3)cc2C)c1. The first-order valence-corrected chi connectivity index (χ1v) is 14.5. The second kappa shape index (κ2) is 12.8. The van der Waals surface area contributed by atoms with E-state index in [1.165, 1.54) is 22.8 Å². The summed E-state index contributed by atoms with van der Waals surface area (Å²) >= 11 is 0. The van der Waals surface area contributed by atoms with Crippen LogP contribution >= 0.6 is 0 Å². The topological polar surface area (TPSA) is 52.6 Å². The van der Waals surface area contributed by atoms with E-state index in [0.717, 1.165) is 36.8 Å². The van der Waals surface area contributed by atoms with Crippen molar-refractivity contribution >= 4 is 11.9 Å². The van der Waals surface area contributed by atoms with Crippen molar-refractivity contribution in [3.63, 3.8) is 0 Å². The third-order valence-corrected chi connectivity index (χ3v) is 7.81. The van der Waals surface area contributed by atoms with Crippen molar-refractivity contribution < 1.29 is 19.1 Å². The van der Waals surface area contributed by atoms with Gasteiger partial charge in [-0.3, -0.25) is 0 Å². The van der Waals surface area contributed by atoms with Crippen LogP contribution in [0.2, 0.25) is 0 Å². The molecule has 1 atom stereocenters. The molecule has 0 aromatic heterocycles. The molecule has 0 bridgehead atoms. The van der Waals surface area contributed by atoms with E-state index < -0.39 is 17.5 Å². The quantitative estimate of drug-likeness (QED) is 0.179. The molecule has 0 aliphatic heterocycles. The first-order valence-electron chi connectivity index (χ1n) is 14.5. The van der Waals surface area contributed by atoms with Crippen molar-refractivity contribution in [1.29, 1.82) is 0 Å². The molecule has 0 radical (unpaired) electrons. The highest BCUT2D eigenvalue weighted by atomic mass is 16.6. The van der Waals surface area contributed by atoms with Crippen molar-refractivity contribution in [2.75, 3.05) is 0 Å². The van der Waals surface area contributed by atoms with Crippen molar-refractivity contribution in [3.05, 3.63) is 99.6 Å². The van der Waals surface area contributed by atoms with Gasteiger partial charge in [0.25, 0.3) is 0 Å². The molecule has 3 aromatic carbocycles. The van der Waals surface area contributed by atoms with Gasteiger partial charge < -0.3 is 9.47 Å². The number of aryl methyl sites for hydroxylation is 2. The van der Waals surface area contributed by atoms with Gasteiger partial charge in [-0.15, -0.1) is 0 Å². The second-order valence-electron chi connectivity index (χ2n) is 12.3. The minimum absolute atomic E-state index is 0.161. The van der Waals surface area contributed by atoms with E-state index in [2.05, 4.69) is 65.8 Å². The lowest BCUT2D eigenvalue weighted by atomic mass is 9.77. The van der Waals surface area contributed by atoms with Gasteiger partial charge in [0.1, 0.15) is 11.4 Å². The van der Waals surface area contributed by atoms with Crippen LogP contribution < -0.4 is 4.74 Å². The standard InChI is InChI=1S/C36H46O4/c1-10-19-35(6,7)31-17-15-27(21-24(31)3)26(5)28-16-18-32(25(4)22-28)39-33(37)29-13-12-14-30(23-29)34(38)40-36(8,9)20-11-2/h12-18,21-23,26H,10-11,19-20H2,1-9H3. The maximum absolute atomic E-state index is 13.0. The molecule has 1 unspecified atom stereocenters. The molecule has 0 saturated heterocycles. The maximum atomic E-state index is 13.0. The average molecular weight is 543 g/mol. The fraction of sp³-hybridized carbons (Fsp3) is 0.444. The Morgan fingerprint density at radius 2 is 1.32 bits per heavy atom. The molecule has 3 aromatic rings. The summed E-state index contributed by atoms with van der Waals surface area (Å²) < 4.78 is 11.4. The summed E-state index contributed by atoms with van der Waals surface area (Å²) in [5.74, 6) is -0.247. The molecule has 214 valence electrons. The van der Waals surface area contributed by atoms with E-state index in [-0.39, 0.29) is 11.3 Å². The fourth-order valence-corrected chi connectivity index (χ4v) is 5.62. The van der Waals surface area contributed by atoms with Crippen LogP contribution in [0.15, 0.2) is 60.7 Å². The lowest BCUT2D eigenvalue weighted by molar-refractivity contribution is -0.00472. The van der Waals surface area contributed by atoms with Gasteiger partial charge in [-0.1, -0.05) is 83.9 Å². The van der Waals surface area contributed by atoms with Gasteiger partial charge in [0.2, 0.25) is 0 Å². The molecule has 0 N–H and O–H groups in total. The van der Waals surface area contributed by atoms with Crippen LogP contribution in [0.25, 0.3) is 0 Å². The minimum Gasteiger partial charge on any atom is -0.456 e. The molecule has 0 aliphatic rings. The molecule has 40 heavy (non-hydrogen) atoms. The van der Waals surface area contributed by atoms with Crippen LogP contribution in [-0.2, 0) is 10.2 Å². The molecule has 0 saturated carbocycles. The van der Waals surface area contributed by atoms with E-state index in [1.807, 2.05) is 32.9 Å². The molecule has 3 rings (SSSR count). The lowest BCUT2D eigenvalue weighted by Gasteiger charge is -2.27. The molecule has 0 amide bonds. The Bertz CT molecular complexity index is 1350. The molecule has 4 heteroatoms. The van der Waals surface area contributed by atoms with Gasteiger partial charge in [-0.05, 0) is 98.0 Å². The predicted molar refractivity (Wildman–Crippen MR) is 164 cm³/mol. The van der Waals surface area contributed by atoms with Crippen LogP contribution in [0, 0.1) is 13.8 Å². The molecule has 0 heterocycles. The van der Waals surface area contributed by atoms with E-state index >= 15 is 0 Å². The Kier molecular flexibility index (Phi) is 10.00. The number of esters is 2. The van der Waals surface area contributed by atoms with Gasteiger partial charge in [-0.2, -0.15) is 0 Å². The van der Waals surface area contributed by atoms with Crippen LogP contribution in [0.3, 0.4) is 0 Å². The van der Waals surface area contributed by atoms with Gasteiger partial charge in [0.05, 0.1) is 11.1 Å². The van der Waals surface area contributed by atoms with Gasteiger partial charge in [0, 0.05) is 5.92 Å². The fourth-order valence-electron chi connectivity index (χ4n) is 5.62. The molecular weight excluding hydrogens is 496 g/mol. The van der Waals surface area contributed by atoms with E-state index in [1.54, 1.807) is 18.2 Å². The molecule has 0 fully saturated rings. The van der Waals surface area contributed by atoms with E-state index in [9.17, 15) is 9.59 Å². The normalized spacial score (nSPS) is 12.6. The second-order valence-corrected chi connectivity index (χ2v) is 12.3. The smallest absolute Gasteiger partial charge is 0.343 e. The summed E-state index contributed by atoms with van der Waals surface area (Å²) in [5.41, 5.74) is 6.28. The number of carbonyl (C=O) groups excluding carboxylic acids is 2. The first kappa shape index (κ1) is 31.1. The third kappa shape index (κ3) is 7.62. The number of rotatable bonds is 11. The Hall–Kier alpha value is -3.40. The molecular formula is C36H46O4. The van der Waals surface area contributed by atoms with E-state index in [4.69, 9.17) is 9.47 Å². The van der Waals surface area contributed by atoms with Gasteiger partial charge >= 0.3 is 11.9 Å².